The van der Waals surface area contributed by atoms with Crippen LogP contribution in [-0.4, -0.2) is 46.5 Å². The van der Waals surface area contributed by atoms with Gasteiger partial charge in [0.1, 0.15) is 5.82 Å². The van der Waals surface area contributed by atoms with Crippen molar-refractivity contribution >= 4 is 5.91 Å². The number of imidazole rings is 1. The first-order chi connectivity index (χ1) is 16.6. The van der Waals surface area contributed by atoms with Crippen LogP contribution in [0.1, 0.15) is 55.7 Å². The number of benzene rings is 2. The number of carbonyl (C=O) groups excluding carboxylic acids is 1. The van der Waals surface area contributed by atoms with E-state index in [0.29, 0.717) is 12.3 Å². The van der Waals surface area contributed by atoms with Gasteiger partial charge in [-0.05, 0) is 62.7 Å². The molecule has 0 bridgehead atoms. The number of nitrogens with zero attached hydrogens (tertiary/aromatic N) is 3. The Balaban J connectivity index is 1.37. The molecule has 1 saturated heterocycles. The smallest absolute Gasteiger partial charge is 0.222 e. The number of fused-ring (bicyclic) bond motifs is 3. The first-order valence-corrected chi connectivity index (χ1v) is 12.8. The Hall–Kier alpha value is -2.92. The molecule has 34 heavy (non-hydrogen) atoms. The summed E-state index contributed by atoms with van der Waals surface area (Å²) in [6.07, 6.45) is 8.58. The van der Waals surface area contributed by atoms with E-state index in [1.807, 2.05) is 6.20 Å². The van der Waals surface area contributed by atoms with Crippen molar-refractivity contribution in [3.8, 4) is 11.4 Å². The molecule has 0 radical (unpaired) electrons. The third kappa shape index (κ3) is 4.07. The molecule has 5 heteroatoms. The number of aryl methyl sites for hydroxylation is 1. The maximum Gasteiger partial charge on any atom is 0.222 e. The van der Waals surface area contributed by atoms with Crippen LogP contribution in [0, 0.1) is 12.8 Å². The van der Waals surface area contributed by atoms with Crippen LogP contribution in [0.25, 0.3) is 11.4 Å². The van der Waals surface area contributed by atoms with Gasteiger partial charge in [-0.2, -0.15) is 0 Å². The Kier molecular flexibility index (Phi) is 6.55. The van der Waals surface area contributed by atoms with E-state index in [-0.39, 0.29) is 5.91 Å². The van der Waals surface area contributed by atoms with Crippen molar-refractivity contribution in [3.63, 3.8) is 0 Å². The number of carbonyl (C=O) groups is 1. The number of hydrogen-bond donors (Lipinski definition) is 1. The van der Waals surface area contributed by atoms with E-state index in [9.17, 15) is 4.79 Å². The fourth-order valence-corrected chi connectivity index (χ4v) is 5.82. The Morgan fingerprint density at radius 2 is 1.88 bits per heavy atom. The van der Waals surface area contributed by atoms with Crippen molar-refractivity contribution in [2.45, 2.75) is 51.5 Å². The normalized spacial score (nSPS) is 19.8. The van der Waals surface area contributed by atoms with Crippen LogP contribution in [0.3, 0.4) is 0 Å². The predicted molar refractivity (Wildman–Crippen MR) is 137 cm³/mol. The Morgan fingerprint density at radius 1 is 1.12 bits per heavy atom. The predicted octanol–water partition coefficient (Wildman–Crippen LogP) is 4.98. The van der Waals surface area contributed by atoms with E-state index < -0.39 is 5.54 Å². The van der Waals surface area contributed by atoms with E-state index in [1.165, 1.54) is 28.7 Å². The van der Waals surface area contributed by atoms with Gasteiger partial charge in [-0.1, -0.05) is 61.0 Å². The van der Waals surface area contributed by atoms with Crippen molar-refractivity contribution in [1.82, 2.24) is 19.8 Å². The molecule has 2 aliphatic rings. The lowest BCUT2D eigenvalue weighted by Crippen LogP contribution is -2.42. The number of aromatic nitrogens is 2. The van der Waals surface area contributed by atoms with E-state index in [0.717, 1.165) is 51.3 Å². The van der Waals surface area contributed by atoms with Gasteiger partial charge in [0.05, 0.1) is 5.54 Å². The average molecular weight is 457 g/mol. The Morgan fingerprint density at radius 3 is 2.65 bits per heavy atom. The molecule has 3 aromatic rings. The number of piperidine rings is 1. The molecule has 1 amide bonds. The topological polar surface area (TPSA) is 50.2 Å². The minimum absolute atomic E-state index is 0.275. The summed E-state index contributed by atoms with van der Waals surface area (Å²) in [5, 5.41) is 3.54. The molecular formula is C29H36N4O. The van der Waals surface area contributed by atoms with E-state index in [2.05, 4.69) is 83.4 Å². The lowest BCUT2D eigenvalue weighted by atomic mass is 9.79. The second-order valence-corrected chi connectivity index (χ2v) is 9.92. The maximum absolute atomic E-state index is 13.4. The summed E-state index contributed by atoms with van der Waals surface area (Å²) < 4.78 is 2.29. The van der Waals surface area contributed by atoms with Gasteiger partial charge in [0.25, 0.3) is 0 Å². The van der Waals surface area contributed by atoms with Crippen LogP contribution in [0.5, 0.6) is 0 Å². The molecule has 5 rings (SSSR count). The van der Waals surface area contributed by atoms with Gasteiger partial charge in [0, 0.05) is 37.5 Å². The number of rotatable bonds is 8. The molecule has 0 saturated carbocycles. The Labute approximate surface area is 203 Å². The number of hydrogen-bond acceptors (Lipinski definition) is 3. The van der Waals surface area contributed by atoms with E-state index in [1.54, 1.807) is 0 Å². The van der Waals surface area contributed by atoms with Crippen LogP contribution < -0.4 is 5.32 Å². The summed E-state index contributed by atoms with van der Waals surface area (Å²) >= 11 is 0. The number of amides is 1. The quantitative estimate of drug-likeness (QED) is 0.486. The van der Waals surface area contributed by atoms with Crippen LogP contribution >= 0.6 is 0 Å². The fourth-order valence-electron chi connectivity index (χ4n) is 5.82. The number of nitrogens with one attached hydrogen (secondary N) is 1. The zero-order chi connectivity index (χ0) is 23.5. The van der Waals surface area contributed by atoms with Crippen molar-refractivity contribution in [2.24, 2.45) is 5.92 Å². The minimum Gasteiger partial charge on any atom is -0.343 e. The zero-order valence-corrected chi connectivity index (χ0v) is 20.5. The van der Waals surface area contributed by atoms with Crippen LogP contribution in [0.15, 0.2) is 60.9 Å². The highest BCUT2D eigenvalue weighted by Crippen LogP contribution is 2.49. The number of likely N-dealkylation sites (tertiary alicyclic amines) is 1. The van der Waals surface area contributed by atoms with Crippen LogP contribution in [0.4, 0.5) is 0 Å². The molecule has 0 aliphatic carbocycles. The third-order valence-corrected chi connectivity index (χ3v) is 7.72. The van der Waals surface area contributed by atoms with Gasteiger partial charge in [0.2, 0.25) is 5.91 Å². The van der Waals surface area contributed by atoms with Crippen molar-refractivity contribution in [3.05, 3.63) is 77.6 Å². The van der Waals surface area contributed by atoms with Gasteiger partial charge in [0.15, 0.2) is 0 Å². The summed E-state index contributed by atoms with van der Waals surface area (Å²) in [6, 6.07) is 17.3. The average Bonchev–Trinajstić information content (AvgIpc) is 3.45. The highest BCUT2D eigenvalue weighted by atomic mass is 16.2. The fraction of sp³-hybridized carbons (Fsp3) is 0.448. The maximum atomic E-state index is 13.4. The summed E-state index contributed by atoms with van der Waals surface area (Å²) in [6.45, 7) is 8.23. The lowest BCUT2D eigenvalue weighted by molar-refractivity contribution is -0.133. The molecule has 1 N–H and O–H groups in total. The molecule has 1 fully saturated rings. The summed E-state index contributed by atoms with van der Waals surface area (Å²) in [7, 11) is 0. The summed E-state index contributed by atoms with van der Waals surface area (Å²) in [5.41, 5.74) is 4.46. The second-order valence-electron chi connectivity index (χ2n) is 9.92. The first kappa shape index (κ1) is 22.9. The van der Waals surface area contributed by atoms with Crippen LogP contribution in [-0.2, 0) is 10.3 Å². The van der Waals surface area contributed by atoms with Crippen molar-refractivity contribution in [1.29, 1.82) is 0 Å². The molecular weight excluding hydrogens is 420 g/mol. The highest BCUT2D eigenvalue weighted by molar-refractivity contribution is 5.77. The molecule has 3 heterocycles. The molecule has 2 aromatic carbocycles. The summed E-state index contributed by atoms with van der Waals surface area (Å²) in [4.78, 5) is 20.2. The van der Waals surface area contributed by atoms with Crippen molar-refractivity contribution in [2.75, 3.05) is 26.2 Å². The molecule has 5 nitrogen and oxygen atoms in total. The largest absolute Gasteiger partial charge is 0.343 e. The Bertz CT molecular complexity index is 1130. The van der Waals surface area contributed by atoms with Gasteiger partial charge >= 0.3 is 0 Å². The first-order valence-electron chi connectivity index (χ1n) is 12.8. The van der Waals surface area contributed by atoms with Gasteiger partial charge in [-0.15, -0.1) is 0 Å². The molecule has 0 spiro atoms. The third-order valence-electron chi connectivity index (χ3n) is 7.72. The summed E-state index contributed by atoms with van der Waals surface area (Å²) in [5.74, 6) is 1.95. The minimum atomic E-state index is -0.409. The van der Waals surface area contributed by atoms with Gasteiger partial charge in [-0.3, -0.25) is 4.79 Å². The standard InChI is InChI=1S/C29H36N4O/c1-3-16-30-21-23-13-18-32(19-14-23)27(34)12-15-29(24-10-8-22(2)9-11-24)26-7-5-4-6-25(26)28-31-17-20-33(28)29/h4-11,17,20,23,30H,3,12-16,18-19,21H2,1-2H3. The zero-order valence-electron chi connectivity index (χ0n) is 20.5. The molecule has 1 atom stereocenters. The highest BCUT2D eigenvalue weighted by Gasteiger charge is 2.45. The monoisotopic (exact) mass is 456 g/mol. The van der Waals surface area contributed by atoms with Crippen LogP contribution in [0.2, 0.25) is 0 Å². The molecule has 2 aliphatic heterocycles. The molecule has 178 valence electrons. The SMILES string of the molecule is CCCNCC1CCN(C(=O)CCC2(c3ccc(C)cc3)c3ccccc3-c3nccn32)CC1. The van der Waals surface area contributed by atoms with Gasteiger partial charge in [-0.25, -0.2) is 4.98 Å². The van der Waals surface area contributed by atoms with Crippen molar-refractivity contribution < 1.29 is 4.79 Å². The lowest BCUT2D eigenvalue weighted by Gasteiger charge is -2.36. The van der Waals surface area contributed by atoms with Gasteiger partial charge < -0.3 is 14.8 Å². The van der Waals surface area contributed by atoms with E-state index >= 15 is 0 Å². The molecule has 1 aromatic heterocycles. The molecule has 1 unspecified atom stereocenters. The second kappa shape index (κ2) is 9.75. The van der Waals surface area contributed by atoms with E-state index in [4.69, 9.17) is 4.98 Å².